The van der Waals surface area contributed by atoms with Crippen molar-refractivity contribution in [3.63, 3.8) is 0 Å². The molecule has 1 aromatic rings. The molecule has 118 valence electrons. The molecule has 0 N–H and O–H groups in total. The molecule has 4 atom stereocenters. The van der Waals surface area contributed by atoms with Crippen LogP contribution in [0.3, 0.4) is 0 Å². The Hall–Kier alpha value is -2.25. The lowest BCUT2D eigenvalue weighted by Gasteiger charge is -2.24. The van der Waals surface area contributed by atoms with E-state index < -0.39 is 40.3 Å². The van der Waals surface area contributed by atoms with Crippen LogP contribution >= 0.6 is 11.6 Å². The van der Waals surface area contributed by atoms with Gasteiger partial charge in [0.1, 0.15) is 5.69 Å². The number of fused-ring (bicyclic) bond motifs is 5. The van der Waals surface area contributed by atoms with E-state index >= 15 is 0 Å². The highest BCUT2D eigenvalue weighted by molar-refractivity contribution is 6.31. The van der Waals surface area contributed by atoms with E-state index in [1.807, 2.05) is 0 Å². The number of anilines is 1. The quantitative estimate of drug-likeness (QED) is 0.357. The Bertz CT molecular complexity index is 807. The number of ether oxygens (including phenoxy) is 1. The SMILES string of the molecule is C[C@]12C=C[C@@H](O1)[C@@H]1C(=O)N(c3ccc(Cl)cc3[N+](=O)[O-])C(=O)[C@@H]12. The van der Waals surface area contributed by atoms with Gasteiger partial charge in [-0.1, -0.05) is 23.8 Å². The minimum Gasteiger partial charge on any atom is -0.362 e. The number of rotatable bonds is 2. The third kappa shape index (κ3) is 1.74. The number of hydrogen-bond donors (Lipinski definition) is 0. The molecule has 0 saturated carbocycles. The summed E-state index contributed by atoms with van der Waals surface area (Å²) in [5, 5.41) is 11.4. The van der Waals surface area contributed by atoms with E-state index in [4.69, 9.17) is 16.3 Å². The van der Waals surface area contributed by atoms with Gasteiger partial charge in [-0.25, -0.2) is 4.90 Å². The standard InChI is InChI=1S/C15H11ClN2O5/c1-15-5-4-10(23-15)11-12(15)14(20)17(13(11)19)8-3-2-7(16)6-9(8)18(21)22/h2-6,10-12H,1H3/t10-,11+,12-,15-/m1/s1. The van der Waals surface area contributed by atoms with E-state index in [1.165, 1.54) is 12.1 Å². The Morgan fingerprint density at radius 3 is 2.74 bits per heavy atom. The van der Waals surface area contributed by atoms with Crippen LogP contribution in [0.2, 0.25) is 5.02 Å². The Labute approximate surface area is 135 Å². The topological polar surface area (TPSA) is 89.8 Å². The molecule has 0 radical (unpaired) electrons. The number of halogens is 1. The summed E-state index contributed by atoms with van der Waals surface area (Å²) in [7, 11) is 0. The highest BCUT2D eigenvalue weighted by atomic mass is 35.5. The van der Waals surface area contributed by atoms with Crippen LogP contribution in [0.15, 0.2) is 30.4 Å². The van der Waals surface area contributed by atoms with Crippen molar-refractivity contribution in [3.8, 4) is 0 Å². The summed E-state index contributed by atoms with van der Waals surface area (Å²) in [6, 6.07) is 3.88. The maximum absolute atomic E-state index is 12.8. The van der Waals surface area contributed by atoms with E-state index in [2.05, 4.69) is 0 Å². The van der Waals surface area contributed by atoms with Gasteiger partial charge in [0.15, 0.2) is 0 Å². The van der Waals surface area contributed by atoms with E-state index in [-0.39, 0.29) is 16.4 Å². The van der Waals surface area contributed by atoms with Crippen LogP contribution in [-0.4, -0.2) is 28.4 Å². The van der Waals surface area contributed by atoms with Crippen LogP contribution in [0.25, 0.3) is 0 Å². The first-order valence-corrected chi connectivity index (χ1v) is 7.40. The zero-order valence-electron chi connectivity index (χ0n) is 11.9. The molecule has 4 rings (SSSR count). The maximum atomic E-state index is 12.8. The van der Waals surface area contributed by atoms with Gasteiger partial charge in [-0.05, 0) is 19.1 Å². The van der Waals surface area contributed by atoms with Crippen LogP contribution in [0.1, 0.15) is 6.92 Å². The summed E-state index contributed by atoms with van der Waals surface area (Å²) in [6.07, 6.45) is 3.09. The first kappa shape index (κ1) is 14.3. The first-order valence-electron chi connectivity index (χ1n) is 7.02. The molecular weight excluding hydrogens is 324 g/mol. The zero-order chi connectivity index (χ0) is 16.5. The van der Waals surface area contributed by atoms with Crippen molar-refractivity contribution in [1.29, 1.82) is 0 Å². The second-order valence-corrected chi connectivity index (χ2v) is 6.47. The van der Waals surface area contributed by atoms with Crippen LogP contribution in [-0.2, 0) is 14.3 Å². The van der Waals surface area contributed by atoms with Crippen LogP contribution in [0.5, 0.6) is 0 Å². The van der Waals surface area contributed by atoms with Crippen LogP contribution in [0.4, 0.5) is 11.4 Å². The van der Waals surface area contributed by atoms with Crippen molar-refractivity contribution in [2.45, 2.75) is 18.6 Å². The van der Waals surface area contributed by atoms with Gasteiger partial charge in [0.05, 0.1) is 28.5 Å². The number of benzene rings is 1. The molecule has 0 aromatic heterocycles. The largest absolute Gasteiger partial charge is 0.362 e. The minimum absolute atomic E-state index is 0.0493. The Balaban J connectivity index is 1.83. The third-order valence-electron chi connectivity index (χ3n) is 4.70. The first-order chi connectivity index (χ1) is 10.8. The van der Waals surface area contributed by atoms with E-state index in [0.29, 0.717) is 0 Å². The predicted molar refractivity (Wildman–Crippen MR) is 80.0 cm³/mol. The van der Waals surface area contributed by atoms with Crippen molar-refractivity contribution in [1.82, 2.24) is 0 Å². The molecule has 3 aliphatic rings. The second kappa shape index (κ2) is 4.39. The average Bonchev–Trinajstić information content (AvgIpc) is 3.09. The molecule has 2 amide bonds. The molecule has 3 aliphatic heterocycles. The zero-order valence-corrected chi connectivity index (χ0v) is 12.7. The Morgan fingerprint density at radius 1 is 1.35 bits per heavy atom. The average molecular weight is 335 g/mol. The molecule has 0 unspecified atom stereocenters. The number of amides is 2. The lowest BCUT2D eigenvalue weighted by Crippen LogP contribution is -2.38. The van der Waals surface area contributed by atoms with Gasteiger partial charge in [0.25, 0.3) is 5.69 Å². The van der Waals surface area contributed by atoms with Crippen molar-refractivity contribution < 1.29 is 19.2 Å². The lowest BCUT2D eigenvalue weighted by atomic mass is 9.78. The summed E-state index contributed by atoms with van der Waals surface area (Å²) in [4.78, 5) is 37.0. The molecule has 7 nitrogen and oxygen atoms in total. The molecule has 1 aromatic carbocycles. The molecule has 3 heterocycles. The summed E-state index contributed by atoms with van der Waals surface area (Å²) in [5.74, 6) is -2.23. The Morgan fingerprint density at radius 2 is 2.09 bits per heavy atom. The normalized spacial score (nSPS) is 34.3. The van der Waals surface area contributed by atoms with Gasteiger partial charge in [-0.3, -0.25) is 19.7 Å². The fourth-order valence-corrected chi connectivity index (χ4v) is 3.89. The molecule has 2 fully saturated rings. The molecule has 0 aliphatic carbocycles. The number of nitro groups is 1. The summed E-state index contributed by atoms with van der Waals surface area (Å²) < 4.78 is 5.71. The number of carbonyl (C=O) groups excluding carboxylic acids is 2. The van der Waals surface area contributed by atoms with Gasteiger partial charge < -0.3 is 4.74 Å². The van der Waals surface area contributed by atoms with Gasteiger partial charge in [0, 0.05) is 11.1 Å². The van der Waals surface area contributed by atoms with Crippen molar-refractivity contribution in [2.24, 2.45) is 11.8 Å². The monoisotopic (exact) mass is 334 g/mol. The van der Waals surface area contributed by atoms with Crippen LogP contribution < -0.4 is 4.90 Å². The molecule has 2 bridgehead atoms. The Kier molecular flexibility index (Phi) is 2.74. The minimum atomic E-state index is -0.835. The lowest BCUT2D eigenvalue weighted by molar-refractivity contribution is -0.384. The number of nitrogens with zero attached hydrogens (tertiary/aromatic N) is 2. The molecule has 8 heteroatoms. The molecule has 0 spiro atoms. The molecule has 2 saturated heterocycles. The smallest absolute Gasteiger partial charge is 0.294 e. The van der Waals surface area contributed by atoms with Gasteiger partial charge in [0.2, 0.25) is 11.8 Å². The molecular formula is C15H11ClN2O5. The van der Waals surface area contributed by atoms with Gasteiger partial charge >= 0.3 is 0 Å². The fraction of sp³-hybridized carbons (Fsp3) is 0.333. The van der Waals surface area contributed by atoms with Gasteiger partial charge in [-0.15, -0.1) is 0 Å². The van der Waals surface area contributed by atoms with E-state index in [1.54, 1.807) is 19.1 Å². The third-order valence-corrected chi connectivity index (χ3v) is 4.94. The highest BCUT2D eigenvalue weighted by Gasteiger charge is 2.66. The summed E-state index contributed by atoms with van der Waals surface area (Å²) in [5.41, 5.74) is -1.25. The van der Waals surface area contributed by atoms with Crippen molar-refractivity contribution >= 4 is 34.8 Å². The number of carbonyl (C=O) groups is 2. The van der Waals surface area contributed by atoms with Crippen molar-refractivity contribution in [2.75, 3.05) is 4.90 Å². The number of imide groups is 1. The number of hydrogen-bond acceptors (Lipinski definition) is 5. The van der Waals surface area contributed by atoms with E-state index in [0.717, 1.165) is 11.0 Å². The van der Waals surface area contributed by atoms with Crippen molar-refractivity contribution in [3.05, 3.63) is 45.5 Å². The maximum Gasteiger partial charge on any atom is 0.294 e. The van der Waals surface area contributed by atoms with Gasteiger partial charge in [-0.2, -0.15) is 0 Å². The highest BCUT2D eigenvalue weighted by Crippen LogP contribution is 2.53. The molecule has 23 heavy (non-hydrogen) atoms. The van der Waals surface area contributed by atoms with Crippen LogP contribution in [0, 0.1) is 22.0 Å². The second-order valence-electron chi connectivity index (χ2n) is 6.03. The summed E-state index contributed by atoms with van der Waals surface area (Å²) >= 11 is 5.79. The van der Waals surface area contributed by atoms with E-state index in [9.17, 15) is 19.7 Å². The summed E-state index contributed by atoms with van der Waals surface area (Å²) in [6.45, 7) is 1.75. The fourth-order valence-electron chi connectivity index (χ4n) is 3.72. The number of nitro benzene ring substituents is 1. The predicted octanol–water partition coefficient (Wildman–Crippen LogP) is 2.08.